The van der Waals surface area contributed by atoms with Crippen LogP contribution in [0, 0.1) is 0 Å². The van der Waals surface area contributed by atoms with Gasteiger partial charge in [0.25, 0.3) is 0 Å². The van der Waals surface area contributed by atoms with Crippen molar-refractivity contribution in [3.8, 4) is 5.75 Å². The van der Waals surface area contributed by atoms with E-state index in [-0.39, 0.29) is 5.75 Å². The Morgan fingerprint density at radius 1 is 1.41 bits per heavy atom. The minimum absolute atomic E-state index is 0.0848. The van der Waals surface area contributed by atoms with Gasteiger partial charge in [0.2, 0.25) is 0 Å². The van der Waals surface area contributed by atoms with Gasteiger partial charge in [0.15, 0.2) is 0 Å². The SMILES string of the molecule is CCCc1ccc(OC(F)(F)C(=O)NN)cc1. The molecule has 1 aromatic rings. The minimum atomic E-state index is -3.97. The van der Waals surface area contributed by atoms with Crippen LogP contribution in [0.25, 0.3) is 0 Å². The number of carbonyl (C=O) groups is 1. The lowest BCUT2D eigenvalue weighted by Gasteiger charge is -2.15. The lowest BCUT2D eigenvalue weighted by molar-refractivity contribution is -0.192. The van der Waals surface area contributed by atoms with Crippen LogP contribution in [0.5, 0.6) is 5.75 Å². The molecule has 0 saturated carbocycles. The fourth-order valence-electron chi connectivity index (χ4n) is 1.29. The molecule has 3 N–H and O–H groups in total. The second-order valence-corrected chi connectivity index (χ2v) is 3.49. The average molecular weight is 244 g/mol. The standard InChI is InChI=1S/C11H14F2N2O2/c1-2-3-8-4-6-9(7-5-8)17-11(12,13)10(16)15-14/h4-7H,2-3,14H2,1H3,(H,15,16). The number of hydrazine groups is 1. The van der Waals surface area contributed by atoms with Gasteiger partial charge in [-0.2, -0.15) is 8.78 Å². The third-order valence-corrected chi connectivity index (χ3v) is 2.10. The minimum Gasteiger partial charge on any atom is -0.425 e. The molecular formula is C11H14F2N2O2. The van der Waals surface area contributed by atoms with Crippen LogP contribution in [0.15, 0.2) is 24.3 Å². The van der Waals surface area contributed by atoms with Gasteiger partial charge in [0.05, 0.1) is 0 Å². The molecule has 0 aliphatic carbocycles. The van der Waals surface area contributed by atoms with Gasteiger partial charge in [-0.3, -0.25) is 10.2 Å². The number of carbonyl (C=O) groups excluding carboxylic acids is 1. The van der Waals surface area contributed by atoms with Crippen molar-refractivity contribution in [2.45, 2.75) is 25.9 Å². The van der Waals surface area contributed by atoms with Gasteiger partial charge in [-0.25, -0.2) is 5.84 Å². The second kappa shape index (κ2) is 5.58. The fourth-order valence-corrected chi connectivity index (χ4v) is 1.29. The Morgan fingerprint density at radius 2 is 2.00 bits per heavy atom. The molecule has 4 nitrogen and oxygen atoms in total. The summed E-state index contributed by atoms with van der Waals surface area (Å²) >= 11 is 0. The summed E-state index contributed by atoms with van der Waals surface area (Å²) < 4.78 is 30.3. The van der Waals surface area contributed by atoms with Gasteiger partial charge in [0.1, 0.15) is 5.75 Å². The van der Waals surface area contributed by atoms with Gasteiger partial charge in [-0.15, -0.1) is 0 Å². The number of hydrogen-bond donors (Lipinski definition) is 2. The number of amides is 1. The Balaban J connectivity index is 2.71. The summed E-state index contributed by atoms with van der Waals surface area (Å²) in [7, 11) is 0. The van der Waals surface area contributed by atoms with Crippen molar-refractivity contribution < 1.29 is 18.3 Å². The van der Waals surface area contributed by atoms with E-state index in [1.165, 1.54) is 17.6 Å². The van der Waals surface area contributed by atoms with Crippen LogP contribution in [0.2, 0.25) is 0 Å². The normalized spacial score (nSPS) is 11.1. The summed E-state index contributed by atoms with van der Waals surface area (Å²) in [5.41, 5.74) is 2.36. The zero-order valence-corrected chi connectivity index (χ0v) is 9.37. The van der Waals surface area contributed by atoms with Crippen molar-refractivity contribution in [2.75, 3.05) is 0 Å². The van der Waals surface area contributed by atoms with Crippen LogP contribution in [0.4, 0.5) is 8.78 Å². The molecule has 0 unspecified atom stereocenters. The summed E-state index contributed by atoms with van der Waals surface area (Å²) in [5.74, 6) is 2.85. The third kappa shape index (κ3) is 3.67. The average Bonchev–Trinajstić information content (AvgIpc) is 2.30. The van der Waals surface area contributed by atoms with E-state index in [1.807, 2.05) is 6.92 Å². The summed E-state index contributed by atoms with van der Waals surface area (Å²) in [4.78, 5) is 10.7. The number of nitrogens with two attached hydrogens (primary N) is 1. The van der Waals surface area contributed by atoms with Gasteiger partial charge in [-0.1, -0.05) is 25.5 Å². The molecule has 0 spiro atoms. The van der Waals surface area contributed by atoms with E-state index < -0.39 is 12.0 Å². The molecule has 0 saturated heterocycles. The molecule has 94 valence electrons. The van der Waals surface area contributed by atoms with Crippen molar-refractivity contribution >= 4 is 5.91 Å². The Hall–Kier alpha value is -1.69. The zero-order chi connectivity index (χ0) is 12.9. The molecule has 17 heavy (non-hydrogen) atoms. The van der Waals surface area contributed by atoms with Crippen molar-refractivity contribution in [1.29, 1.82) is 0 Å². The molecule has 0 aromatic heterocycles. The first-order valence-corrected chi connectivity index (χ1v) is 5.16. The molecule has 0 atom stereocenters. The number of ether oxygens (including phenoxy) is 1. The van der Waals surface area contributed by atoms with Crippen molar-refractivity contribution in [2.24, 2.45) is 5.84 Å². The zero-order valence-electron chi connectivity index (χ0n) is 9.37. The highest BCUT2D eigenvalue weighted by molar-refractivity contribution is 5.81. The monoisotopic (exact) mass is 244 g/mol. The lowest BCUT2D eigenvalue weighted by atomic mass is 10.1. The molecule has 0 heterocycles. The van der Waals surface area contributed by atoms with Gasteiger partial charge < -0.3 is 4.74 Å². The maximum Gasteiger partial charge on any atom is 0.483 e. The summed E-state index contributed by atoms with van der Waals surface area (Å²) in [6, 6.07) is 6.13. The highest BCUT2D eigenvalue weighted by Gasteiger charge is 2.41. The number of benzene rings is 1. The van der Waals surface area contributed by atoms with Crippen LogP contribution < -0.4 is 16.0 Å². The molecule has 0 bridgehead atoms. The summed E-state index contributed by atoms with van der Waals surface area (Å²) in [6.45, 7) is 2.02. The Labute approximate surface area is 97.7 Å². The number of hydrogen-bond acceptors (Lipinski definition) is 3. The summed E-state index contributed by atoms with van der Waals surface area (Å²) in [5, 5.41) is 0. The molecule has 1 rings (SSSR count). The molecule has 0 fully saturated rings. The van der Waals surface area contributed by atoms with E-state index in [1.54, 1.807) is 12.1 Å². The molecule has 1 aromatic carbocycles. The Kier molecular flexibility index (Phi) is 4.39. The number of rotatable bonds is 5. The molecule has 0 aliphatic heterocycles. The van der Waals surface area contributed by atoms with E-state index >= 15 is 0 Å². The highest BCUT2D eigenvalue weighted by Crippen LogP contribution is 2.22. The third-order valence-electron chi connectivity index (χ3n) is 2.10. The maximum atomic E-state index is 13.0. The highest BCUT2D eigenvalue weighted by atomic mass is 19.3. The fraction of sp³-hybridized carbons (Fsp3) is 0.364. The van der Waals surface area contributed by atoms with Crippen LogP contribution in [0.1, 0.15) is 18.9 Å². The van der Waals surface area contributed by atoms with Crippen LogP contribution in [-0.2, 0) is 11.2 Å². The van der Waals surface area contributed by atoms with Crippen molar-refractivity contribution in [3.05, 3.63) is 29.8 Å². The molecule has 0 aliphatic rings. The molecule has 1 amide bonds. The Morgan fingerprint density at radius 3 is 2.47 bits per heavy atom. The first-order chi connectivity index (χ1) is 7.99. The predicted molar refractivity (Wildman–Crippen MR) is 58.3 cm³/mol. The van der Waals surface area contributed by atoms with Gasteiger partial charge in [-0.05, 0) is 24.1 Å². The smallest absolute Gasteiger partial charge is 0.425 e. The number of alkyl halides is 2. The predicted octanol–water partition coefficient (Wildman–Crippen LogP) is 1.60. The molecule has 0 radical (unpaired) electrons. The molecule has 6 heteroatoms. The number of aryl methyl sites for hydroxylation is 1. The van der Waals surface area contributed by atoms with Crippen molar-refractivity contribution in [3.63, 3.8) is 0 Å². The topological polar surface area (TPSA) is 64.3 Å². The molecular weight excluding hydrogens is 230 g/mol. The largest absolute Gasteiger partial charge is 0.483 e. The van der Waals surface area contributed by atoms with Crippen LogP contribution in [0.3, 0.4) is 0 Å². The number of halogens is 2. The number of nitrogens with one attached hydrogen (secondary N) is 1. The first-order valence-electron chi connectivity index (χ1n) is 5.16. The first kappa shape index (κ1) is 13.4. The maximum absolute atomic E-state index is 13.0. The van der Waals surface area contributed by atoms with E-state index in [2.05, 4.69) is 10.6 Å². The van der Waals surface area contributed by atoms with E-state index in [0.29, 0.717) is 0 Å². The van der Waals surface area contributed by atoms with Gasteiger partial charge >= 0.3 is 12.0 Å². The lowest BCUT2D eigenvalue weighted by Crippen LogP contribution is -2.47. The second-order valence-electron chi connectivity index (χ2n) is 3.49. The summed E-state index contributed by atoms with van der Waals surface area (Å²) in [6.07, 6.45) is -2.15. The quantitative estimate of drug-likeness (QED) is 0.470. The van der Waals surface area contributed by atoms with Crippen LogP contribution >= 0.6 is 0 Å². The van der Waals surface area contributed by atoms with E-state index in [9.17, 15) is 13.6 Å². The Bertz CT molecular complexity index is 380. The van der Waals surface area contributed by atoms with Crippen molar-refractivity contribution in [1.82, 2.24) is 5.43 Å². The van der Waals surface area contributed by atoms with E-state index in [0.717, 1.165) is 18.4 Å². The van der Waals surface area contributed by atoms with Crippen LogP contribution in [-0.4, -0.2) is 12.0 Å². The van der Waals surface area contributed by atoms with Gasteiger partial charge in [0, 0.05) is 0 Å². The van der Waals surface area contributed by atoms with E-state index in [4.69, 9.17) is 0 Å².